The van der Waals surface area contributed by atoms with Gasteiger partial charge < -0.3 is 14.5 Å². The quantitative estimate of drug-likeness (QED) is 0.886. The summed E-state index contributed by atoms with van der Waals surface area (Å²) in [5, 5.41) is 15.7. The van der Waals surface area contributed by atoms with Crippen LogP contribution in [0.1, 0.15) is 13.3 Å². The number of benzene rings is 1. The van der Waals surface area contributed by atoms with Crippen LogP contribution in [-0.2, 0) is 0 Å². The lowest BCUT2D eigenvalue weighted by molar-refractivity contribution is 0.167. The molecule has 2 N–H and O–H groups in total. The highest BCUT2D eigenvalue weighted by atomic mass is 16.5. The first-order valence-electron chi connectivity index (χ1n) is 6.78. The van der Waals surface area contributed by atoms with Crippen LogP contribution in [0.3, 0.4) is 0 Å². The van der Waals surface area contributed by atoms with E-state index in [1.807, 2.05) is 30.3 Å². The molecule has 2 amide bonds. The minimum Gasteiger partial charge on any atom is -0.393 e. The zero-order valence-corrected chi connectivity index (χ0v) is 12.1. The highest BCUT2D eigenvalue weighted by Gasteiger charge is 2.13. The van der Waals surface area contributed by atoms with Crippen LogP contribution >= 0.6 is 0 Å². The van der Waals surface area contributed by atoms with Gasteiger partial charge in [0.2, 0.25) is 0 Å². The number of anilines is 1. The van der Waals surface area contributed by atoms with Gasteiger partial charge in [-0.15, -0.1) is 0 Å². The lowest BCUT2D eigenvalue weighted by Gasteiger charge is -2.17. The predicted octanol–water partition coefficient (Wildman–Crippen LogP) is 2.58. The molecule has 112 valence electrons. The SMILES string of the molecule is CC(O)CCN(C)C(=O)Nc1cc(-c2ccccc2)on1. The third-order valence-corrected chi connectivity index (χ3v) is 3.03. The van der Waals surface area contributed by atoms with Gasteiger partial charge in [0.05, 0.1) is 6.10 Å². The maximum Gasteiger partial charge on any atom is 0.322 e. The summed E-state index contributed by atoms with van der Waals surface area (Å²) in [6.45, 7) is 2.16. The van der Waals surface area contributed by atoms with E-state index in [0.717, 1.165) is 5.56 Å². The molecule has 1 aromatic heterocycles. The molecule has 0 saturated carbocycles. The summed E-state index contributed by atoms with van der Waals surface area (Å²) in [7, 11) is 1.66. The molecule has 1 aromatic carbocycles. The minimum absolute atomic E-state index is 0.288. The van der Waals surface area contributed by atoms with Gasteiger partial charge in [0, 0.05) is 25.2 Å². The highest BCUT2D eigenvalue weighted by molar-refractivity contribution is 5.88. The van der Waals surface area contributed by atoms with Gasteiger partial charge in [-0.2, -0.15) is 0 Å². The van der Waals surface area contributed by atoms with Crippen molar-refractivity contribution >= 4 is 11.8 Å². The second-order valence-electron chi connectivity index (χ2n) is 4.93. The maximum absolute atomic E-state index is 11.9. The van der Waals surface area contributed by atoms with Crippen LogP contribution in [0.25, 0.3) is 11.3 Å². The van der Waals surface area contributed by atoms with Crippen molar-refractivity contribution in [2.45, 2.75) is 19.4 Å². The Morgan fingerprint density at radius 1 is 1.43 bits per heavy atom. The Hall–Kier alpha value is -2.34. The molecule has 0 fully saturated rings. The van der Waals surface area contributed by atoms with E-state index in [-0.39, 0.29) is 6.03 Å². The lowest BCUT2D eigenvalue weighted by atomic mass is 10.2. The number of aliphatic hydroxyl groups excluding tert-OH is 1. The number of hydrogen-bond acceptors (Lipinski definition) is 4. The number of nitrogens with one attached hydrogen (secondary N) is 1. The fourth-order valence-electron chi connectivity index (χ4n) is 1.76. The molecule has 1 heterocycles. The Labute approximate surface area is 123 Å². The third kappa shape index (κ3) is 4.32. The number of hydrogen-bond donors (Lipinski definition) is 2. The van der Waals surface area contributed by atoms with E-state index in [0.29, 0.717) is 24.5 Å². The summed E-state index contributed by atoms with van der Waals surface area (Å²) >= 11 is 0. The van der Waals surface area contributed by atoms with Crippen LogP contribution in [0.5, 0.6) is 0 Å². The first-order valence-corrected chi connectivity index (χ1v) is 6.78. The topological polar surface area (TPSA) is 78.6 Å². The molecule has 0 radical (unpaired) electrons. The maximum atomic E-state index is 11.9. The normalized spacial score (nSPS) is 12.0. The van der Waals surface area contributed by atoms with Crippen LogP contribution in [0, 0.1) is 0 Å². The number of rotatable bonds is 5. The van der Waals surface area contributed by atoms with Crippen molar-refractivity contribution in [1.29, 1.82) is 0 Å². The second kappa shape index (κ2) is 6.90. The van der Waals surface area contributed by atoms with Gasteiger partial charge in [-0.25, -0.2) is 4.79 Å². The Bertz CT molecular complexity index is 581. The summed E-state index contributed by atoms with van der Waals surface area (Å²) in [5.41, 5.74) is 0.896. The molecule has 0 bridgehead atoms. The number of carbonyl (C=O) groups excluding carboxylic acids is 1. The van der Waals surface area contributed by atoms with Gasteiger partial charge in [0.15, 0.2) is 11.6 Å². The van der Waals surface area contributed by atoms with E-state index >= 15 is 0 Å². The van der Waals surface area contributed by atoms with Crippen molar-refractivity contribution in [1.82, 2.24) is 10.1 Å². The summed E-state index contributed by atoms with van der Waals surface area (Å²) in [6.07, 6.45) is 0.0924. The summed E-state index contributed by atoms with van der Waals surface area (Å²) in [4.78, 5) is 13.4. The molecular formula is C15H19N3O3. The molecule has 0 saturated heterocycles. The molecule has 1 atom stereocenters. The monoisotopic (exact) mass is 289 g/mol. The number of nitrogens with zero attached hydrogens (tertiary/aromatic N) is 2. The molecule has 0 aliphatic heterocycles. The van der Waals surface area contributed by atoms with Crippen LogP contribution in [-0.4, -0.2) is 40.9 Å². The van der Waals surface area contributed by atoms with Gasteiger partial charge >= 0.3 is 6.03 Å². The van der Waals surface area contributed by atoms with Gasteiger partial charge in [-0.3, -0.25) is 5.32 Å². The van der Waals surface area contributed by atoms with E-state index in [1.54, 1.807) is 20.0 Å². The van der Waals surface area contributed by atoms with Crippen molar-refractivity contribution < 1.29 is 14.4 Å². The van der Waals surface area contributed by atoms with Crippen LogP contribution in [0.4, 0.5) is 10.6 Å². The van der Waals surface area contributed by atoms with Crippen molar-refractivity contribution in [2.75, 3.05) is 18.9 Å². The number of urea groups is 1. The van der Waals surface area contributed by atoms with Crippen molar-refractivity contribution in [2.24, 2.45) is 0 Å². The third-order valence-electron chi connectivity index (χ3n) is 3.03. The van der Waals surface area contributed by atoms with Gasteiger partial charge in [0.1, 0.15) is 0 Å². The number of aliphatic hydroxyl groups is 1. The molecular weight excluding hydrogens is 270 g/mol. The smallest absolute Gasteiger partial charge is 0.322 e. The Balaban J connectivity index is 1.95. The zero-order chi connectivity index (χ0) is 15.2. The van der Waals surface area contributed by atoms with Crippen molar-refractivity contribution in [3.05, 3.63) is 36.4 Å². The summed E-state index contributed by atoms with van der Waals surface area (Å²) in [5.74, 6) is 0.959. The van der Waals surface area contributed by atoms with E-state index in [9.17, 15) is 9.90 Å². The number of aromatic nitrogens is 1. The average Bonchev–Trinajstić information content (AvgIpc) is 2.94. The fourth-order valence-corrected chi connectivity index (χ4v) is 1.76. The van der Waals surface area contributed by atoms with Crippen molar-refractivity contribution in [3.8, 4) is 11.3 Å². The van der Waals surface area contributed by atoms with E-state index in [2.05, 4.69) is 10.5 Å². The Morgan fingerprint density at radius 2 is 2.14 bits per heavy atom. The van der Waals surface area contributed by atoms with Gasteiger partial charge in [-0.1, -0.05) is 35.5 Å². The van der Waals surface area contributed by atoms with E-state index in [4.69, 9.17) is 4.52 Å². The van der Waals surface area contributed by atoms with E-state index in [1.165, 1.54) is 4.90 Å². The molecule has 2 aromatic rings. The molecule has 2 rings (SSSR count). The van der Waals surface area contributed by atoms with E-state index < -0.39 is 6.10 Å². The summed E-state index contributed by atoms with van der Waals surface area (Å²) < 4.78 is 5.21. The lowest BCUT2D eigenvalue weighted by Crippen LogP contribution is -2.33. The average molecular weight is 289 g/mol. The molecule has 0 aliphatic carbocycles. The molecule has 21 heavy (non-hydrogen) atoms. The standard InChI is InChI=1S/C15H19N3O3/c1-11(19)8-9-18(2)15(20)16-14-10-13(21-17-14)12-6-4-3-5-7-12/h3-7,10-11,19H,8-9H2,1-2H3,(H,16,17,20). The largest absolute Gasteiger partial charge is 0.393 e. The molecule has 0 spiro atoms. The first kappa shape index (κ1) is 15.1. The number of carbonyl (C=O) groups is 1. The summed E-state index contributed by atoms with van der Waals surface area (Å²) in [6, 6.07) is 10.9. The minimum atomic E-state index is -0.433. The first-order chi connectivity index (χ1) is 10.1. The molecule has 6 nitrogen and oxygen atoms in total. The second-order valence-corrected chi connectivity index (χ2v) is 4.93. The Morgan fingerprint density at radius 3 is 2.81 bits per heavy atom. The van der Waals surface area contributed by atoms with Crippen LogP contribution < -0.4 is 5.32 Å². The molecule has 1 unspecified atom stereocenters. The van der Waals surface area contributed by atoms with Crippen molar-refractivity contribution in [3.63, 3.8) is 0 Å². The van der Waals surface area contributed by atoms with Crippen LogP contribution in [0.2, 0.25) is 0 Å². The molecule has 0 aliphatic rings. The van der Waals surface area contributed by atoms with Crippen LogP contribution in [0.15, 0.2) is 40.9 Å². The molecule has 6 heteroatoms. The predicted molar refractivity (Wildman–Crippen MR) is 79.9 cm³/mol. The zero-order valence-electron chi connectivity index (χ0n) is 12.1. The highest BCUT2D eigenvalue weighted by Crippen LogP contribution is 2.21. The fraction of sp³-hybridized carbons (Fsp3) is 0.333. The van der Waals surface area contributed by atoms with Gasteiger partial charge in [-0.05, 0) is 13.3 Å². The Kier molecular flexibility index (Phi) is 4.94. The number of amides is 2. The van der Waals surface area contributed by atoms with Gasteiger partial charge in [0.25, 0.3) is 0 Å².